The number of carbonyl (C=O) groups excluding carboxylic acids is 1. The van der Waals surface area contributed by atoms with Crippen molar-refractivity contribution in [3.05, 3.63) is 41.5 Å². The zero-order chi connectivity index (χ0) is 16.5. The van der Waals surface area contributed by atoms with Crippen LogP contribution in [0.15, 0.2) is 35.9 Å². The number of esters is 1. The quantitative estimate of drug-likeness (QED) is 0.437. The summed E-state index contributed by atoms with van der Waals surface area (Å²) in [7, 11) is 0. The summed E-state index contributed by atoms with van der Waals surface area (Å²) in [5.74, 6) is 1.44. The topological polar surface area (TPSA) is 35.5 Å². The number of benzene rings is 1. The minimum atomic E-state index is -0.270. The van der Waals surface area contributed by atoms with Crippen molar-refractivity contribution in [3.8, 4) is 5.75 Å². The lowest BCUT2D eigenvalue weighted by molar-refractivity contribution is -0.132. The molecule has 2 aliphatic carbocycles. The smallest absolute Gasteiger partial charge is 0.308 e. The van der Waals surface area contributed by atoms with Crippen LogP contribution in [0.4, 0.5) is 0 Å². The number of hydrogen-bond acceptors (Lipinski definition) is 3. The highest BCUT2D eigenvalue weighted by Gasteiger charge is 2.44. The molecule has 0 spiro atoms. The lowest BCUT2D eigenvalue weighted by atomic mass is 9.68. The van der Waals surface area contributed by atoms with E-state index in [-0.39, 0.29) is 12.1 Å². The zero-order valence-corrected chi connectivity index (χ0v) is 14.4. The molecule has 0 aromatic heterocycles. The van der Waals surface area contributed by atoms with Crippen LogP contribution in [0.25, 0.3) is 0 Å². The van der Waals surface area contributed by atoms with Crippen LogP contribution >= 0.6 is 0 Å². The first kappa shape index (κ1) is 15.9. The molecule has 24 heavy (non-hydrogen) atoms. The molecule has 128 valence electrons. The van der Waals surface area contributed by atoms with E-state index < -0.39 is 0 Å². The van der Waals surface area contributed by atoms with Gasteiger partial charge in [-0.15, -0.1) is 0 Å². The maximum Gasteiger partial charge on any atom is 0.308 e. The Morgan fingerprint density at radius 2 is 1.88 bits per heavy atom. The van der Waals surface area contributed by atoms with Gasteiger partial charge >= 0.3 is 5.97 Å². The molecule has 4 rings (SSSR count). The van der Waals surface area contributed by atoms with Crippen molar-refractivity contribution in [1.29, 1.82) is 0 Å². The van der Waals surface area contributed by atoms with Gasteiger partial charge in [-0.1, -0.05) is 42.7 Å². The first-order chi connectivity index (χ1) is 11.7. The first-order valence-electron chi connectivity index (χ1n) is 9.37. The fraction of sp³-hybridized carbons (Fsp3) is 0.571. The van der Waals surface area contributed by atoms with Crippen molar-refractivity contribution in [3.63, 3.8) is 0 Å². The second-order valence-electron chi connectivity index (χ2n) is 7.36. The van der Waals surface area contributed by atoms with Gasteiger partial charge in [-0.2, -0.15) is 0 Å². The average Bonchev–Trinajstić information content (AvgIpc) is 2.61. The van der Waals surface area contributed by atoms with E-state index in [1.165, 1.54) is 45.4 Å². The van der Waals surface area contributed by atoms with Crippen LogP contribution < -0.4 is 4.74 Å². The summed E-state index contributed by atoms with van der Waals surface area (Å²) in [5, 5.41) is 0. The minimum Gasteiger partial charge on any atom is -0.426 e. The Labute approximate surface area is 144 Å². The van der Waals surface area contributed by atoms with Crippen molar-refractivity contribution in [1.82, 2.24) is 0 Å². The lowest BCUT2D eigenvalue weighted by Gasteiger charge is -2.47. The third kappa shape index (κ3) is 2.90. The van der Waals surface area contributed by atoms with Crippen LogP contribution in [0.1, 0.15) is 63.5 Å². The molecule has 1 saturated heterocycles. The Bertz CT molecular complexity index is 648. The van der Waals surface area contributed by atoms with Gasteiger partial charge in [0.15, 0.2) is 0 Å². The van der Waals surface area contributed by atoms with Crippen molar-refractivity contribution in [2.75, 3.05) is 0 Å². The van der Waals surface area contributed by atoms with Crippen molar-refractivity contribution < 1.29 is 14.3 Å². The van der Waals surface area contributed by atoms with Gasteiger partial charge in [0.2, 0.25) is 0 Å². The Kier molecular flexibility index (Phi) is 4.45. The van der Waals surface area contributed by atoms with Crippen LogP contribution in [0.5, 0.6) is 5.75 Å². The largest absolute Gasteiger partial charge is 0.426 e. The van der Waals surface area contributed by atoms with Crippen molar-refractivity contribution in [2.45, 2.75) is 64.1 Å². The Hall–Kier alpha value is -1.61. The van der Waals surface area contributed by atoms with Gasteiger partial charge in [0, 0.05) is 24.3 Å². The number of hydrogen-bond donors (Lipinski definition) is 0. The van der Waals surface area contributed by atoms with Crippen LogP contribution in [0.3, 0.4) is 0 Å². The summed E-state index contributed by atoms with van der Waals surface area (Å²) in [6.45, 7) is 1.46. The fourth-order valence-corrected chi connectivity index (χ4v) is 4.85. The Morgan fingerprint density at radius 3 is 2.75 bits per heavy atom. The molecule has 3 heteroatoms. The highest BCUT2D eigenvalue weighted by atomic mass is 16.5. The molecule has 1 aromatic carbocycles. The Balaban J connectivity index is 1.71. The van der Waals surface area contributed by atoms with Gasteiger partial charge in [-0.25, -0.2) is 0 Å². The van der Waals surface area contributed by atoms with E-state index in [0.717, 1.165) is 12.0 Å². The summed E-state index contributed by atoms with van der Waals surface area (Å²) in [6.07, 6.45) is 11.4. The van der Waals surface area contributed by atoms with E-state index in [2.05, 4.69) is 12.1 Å². The fourth-order valence-electron chi connectivity index (χ4n) is 4.85. The molecule has 0 N–H and O–H groups in total. The number of fused-ring (bicyclic) bond motifs is 3. The van der Waals surface area contributed by atoms with Gasteiger partial charge in [0.05, 0.1) is 12.2 Å². The molecule has 3 aliphatic rings. The molecule has 0 unspecified atom stereocenters. The second-order valence-corrected chi connectivity index (χ2v) is 7.36. The van der Waals surface area contributed by atoms with Gasteiger partial charge in [-0.05, 0) is 38.2 Å². The third-order valence-electron chi connectivity index (χ3n) is 5.82. The maximum absolute atomic E-state index is 11.5. The molecule has 1 heterocycles. The van der Waals surface area contributed by atoms with E-state index in [1.54, 1.807) is 5.57 Å². The maximum atomic E-state index is 11.5. The number of ether oxygens (including phenoxy) is 2. The first-order valence-corrected chi connectivity index (χ1v) is 9.37. The molecule has 1 saturated carbocycles. The van der Waals surface area contributed by atoms with Gasteiger partial charge < -0.3 is 9.47 Å². The minimum absolute atomic E-state index is 0.0199. The predicted octanol–water partition coefficient (Wildman–Crippen LogP) is 4.97. The van der Waals surface area contributed by atoms with Gasteiger partial charge in [0.25, 0.3) is 0 Å². The highest BCUT2D eigenvalue weighted by Crippen LogP contribution is 2.52. The molecule has 1 aliphatic heterocycles. The number of allylic oxidation sites excluding steroid dienone is 1. The molecule has 4 atom stereocenters. The summed E-state index contributed by atoms with van der Waals surface area (Å²) in [6, 6.07) is 7.90. The van der Waals surface area contributed by atoms with Crippen molar-refractivity contribution in [2.24, 2.45) is 11.8 Å². The van der Waals surface area contributed by atoms with Crippen molar-refractivity contribution >= 4 is 5.97 Å². The van der Waals surface area contributed by atoms with Crippen LogP contribution in [-0.2, 0) is 9.53 Å². The van der Waals surface area contributed by atoms with Crippen LogP contribution in [-0.4, -0.2) is 12.1 Å². The average molecular weight is 326 g/mol. The summed E-state index contributed by atoms with van der Waals surface area (Å²) < 4.78 is 12.1. The molecular weight excluding hydrogens is 300 g/mol. The van der Waals surface area contributed by atoms with Crippen LogP contribution in [0, 0.1) is 11.8 Å². The van der Waals surface area contributed by atoms with E-state index >= 15 is 0 Å². The highest BCUT2D eigenvalue weighted by molar-refractivity contribution is 5.69. The molecular formula is C21H26O3. The molecule has 0 radical (unpaired) electrons. The number of rotatable bonds is 2. The standard InChI is InChI=1S/C21H26O3/c1-14(22)23-20-13-7-5-11-18(20)21-17-10-3-2-8-15(17)16-9-4-6-12-19(16)24-21/h5,7-8,11,13,16-17,19,21H,2-4,6,9-10,12H2,1H3/t16-,17-,19-,21-/m0/s1. The molecule has 1 aromatic rings. The number of para-hydroxylation sites is 1. The van der Waals surface area contributed by atoms with Crippen LogP contribution in [0.2, 0.25) is 0 Å². The number of carbonyl (C=O) groups is 1. The second kappa shape index (κ2) is 6.72. The lowest BCUT2D eigenvalue weighted by Crippen LogP contribution is -2.41. The SMILES string of the molecule is CC(=O)Oc1ccccc1[C@H]1O[C@H]2CCCC[C@H]2C2=CCCC[C@@H]21. The molecule has 0 bridgehead atoms. The van der Waals surface area contributed by atoms with E-state index in [0.29, 0.717) is 23.7 Å². The summed E-state index contributed by atoms with van der Waals surface area (Å²) in [4.78, 5) is 11.5. The predicted molar refractivity (Wildman–Crippen MR) is 92.7 cm³/mol. The summed E-state index contributed by atoms with van der Waals surface area (Å²) >= 11 is 0. The van der Waals surface area contributed by atoms with E-state index in [4.69, 9.17) is 9.47 Å². The van der Waals surface area contributed by atoms with Gasteiger partial charge in [-0.3, -0.25) is 4.79 Å². The third-order valence-corrected chi connectivity index (χ3v) is 5.82. The zero-order valence-electron chi connectivity index (χ0n) is 14.4. The molecule has 2 fully saturated rings. The van der Waals surface area contributed by atoms with Gasteiger partial charge in [0.1, 0.15) is 5.75 Å². The molecule has 3 nitrogen and oxygen atoms in total. The van der Waals surface area contributed by atoms with E-state index in [9.17, 15) is 4.79 Å². The normalized spacial score (nSPS) is 32.3. The Morgan fingerprint density at radius 1 is 1.08 bits per heavy atom. The molecule has 0 amide bonds. The summed E-state index contributed by atoms with van der Waals surface area (Å²) in [5.41, 5.74) is 2.66. The van der Waals surface area contributed by atoms with E-state index in [1.807, 2.05) is 18.2 Å². The monoisotopic (exact) mass is 326 g/mol.